The van der Waals surface area contributed by atoms with Gasteiger partial charge in [0.15, 0.2) is 5.96 Å². The van der Waals surface area contributed by atoms with Crippen LogP contribution >= 0.6 is 24.0 Å². The van der Waals surface area contributed by atoms with Gasteiger partial charge in [-0.2, -0.15) is 0 Å². The molecule has 0 atom stereocenters. The topological polar surface area (TPSA) is 69.2 Å². The van der Waals surface area contributed by atoms with Crippen LogP contribution in [0, 0.1) is 0 Å². The van der Waals surface area contributed by atoms with Crippen LogP contribution in [0.3, 0.4) is 0 Å². The van der Waals surface area contributed by atoms with Crippen LogP contribution in [0.2, 0.25) is 0 Å². The van der Waals surface area contributed by atoms with Gasteiger partial charge in [-0.25, -0.2) is 0 Å². The van der Waals surface area contributed by atoms with Crippen molar-refractivity contribution < 1.29 is 9.53 Å². The fourth-order valence-electron chi connectivity index (χ4n) is 2.81. The smallest absolute Gasteiger partial charge is 0.251 e. The van der Waals surface area contributed by atoms with Crippen molar-refractivity contribution in [1.29, 1.82) is 0 Å². The third-order valence-electron chi connectivity index (χ3n) is 4.50. The van der Waals surface area contributed by atoms with Crippen molar-refractivity contribution in [3.63, 3.8) is 0 Å². The summed E-state index contributed by atoms with van der Waals surface area (Å²) >= 11 is 0. The lowest BCUT2D eigenvalue weighted by atomic mass is 10.1. The molecule has 7 nitrogen and oxygen atoms in total. The Bertz CT molecular complexity index is 815. The number of ether oxygens (including phenoxy) is 1. The first-order chi connectivity index (χ1) is 14.5. The van der Waals surface area contributed by atoms with E-state index in [2.05, 4.69) is 15.6 Å². The Morgan fingerprint density at radius 3 is 2.42 bits per heavy atom. The van der Waals surface area contributed by atoms with Gasteiger partial charge in [-0.1, -0.05) is 30.3 Å². The van der Waals surface area contributed by atoms with Crippen molar-refractivity contribution in [2.24, 2.45) is 4.99 Å². The van der Waals surface area contributed by atoms with E-state index in [4.69, 9.17) is 4.74 Å². The van der Waals surface area contributed by atoms with Gasteiger partial charge in [0, 0.05) is 39.3 Å². The number of rotatable bonds is 10. The van der Waals surface area contributed by atoms with Crippen molar-refractivity contribution >= 4 is 35.8 Å². The molecule has 0 saturated carbocycles. The predicted molar refractivity (Wildman–Crippen MR) is 138 cm³/mol. The number of hydrogen-bond acceptors (Lipinski definition) is 4. The molecule has 0 bridgehead atoms. The highest BCUT2D eigenvalue weighted by atomic mass is 127. The number of carbonyl (C=O) groups excluding carboxylic acids is 1. The highest BCUT2D eigenvalue weighted by Crippen LogP contribution is 2.08. The van der Waals surface area contributed by atoms with Crippen molar-refractivity contribution in [3.8, 4) is 5.75 Å². The van der Waals surface area contributed by atoms with Crippen molar-refractivity contribution in [1.82, 2.24) is 20.4 Å². The van der Waals surface area contributed by atoms with Crippen LogP contribution in [-0.4, -0.2) is 76.1 Å². The van der Waals surface area contributed by atoms with Gasteiger partial charge in [0.05, 0.1) is 6.54 Å². The number of halogens is 1. The molecule has 0 unspecified atom stereocenters. The Hall–Kier alpha value is -2.33. The third kappa shape index (κ3) is 10.0. The second kappa shape index (κ2) is 14.6. The van der Waals surface area contributed by atoms with E-state index in [0.29, 0.717) is 31.8 Å². The molecule has 0 fully saturated rings. The number of nitrogens with one attached hydrogen (secondary N) is 2. The highest BCUT2D eigenvalue weighted by molar-refractivity contribution is 14.0. The second-order valence-corrected chi connectivity index (χ2v) is 7.24. The Morgan fingerprint density at radius 1 is 1.00 bits per heavy atom. The van der Waals surface area contributed by atoms with E-state index in [1.807, 2.05) is 85.5 Å². The van der Waals surface area contributed by atoms with Gasteiger partial charge in [0.1, 0.15) is 12.4 Å². The summed E-state index contributed by atoms with van der Waals surface area (Å²) in [5.41, 5.74) is 1.68. The van der Waals surface area contributed by atoms with Gasteiger partial charge in [-0.3, -0.25) is 9.79 Å². The number of guanidine groups is 1. The summed E-state index contributed by atoms with van der Waals surface area (Å²) < 4.78 is 5.75. The number of likely N-dealkylation sites (N-methyl/N-ethyl adjacent to an activating group) is 2. The van der Waals surface area contributed by atoms with Gasteiger partial charge < -0.3 is 25.2 Å². The summed E-state index contributed by atoms with van der Waals surface area (Å²) in [4.78, 5) is 20.7. The Morgan fingerprint density at radius 2 is 1.74 bits per heavy atom. The zero-order chi connectivity index (χ0) is 21.8. The molecule has 31 heavy (non-hydrogen) atoms. The maximum Gasteiger partial charge on any atom is 0.251 e. The third-order valence-corrected chi connectivity index (χ3v) is 4.50. The monoisotopic (exact) mass is 539 g/mol. The van der Waals surface area contributed by atoms with Gasteiger partial charge in [-0.05, 0) is 43.9 Å². The van der Waals surface area contributed by atoms with E-state index in [-0.39, 0.29) is 29.9 Å². The molecule has 0 aliphatic heterocycles. The van der Waals surface area contributed by atoms with Crippen LogP contribution in [-0.2, 0) is 6.54 Å². The minimum atomic E-state index is -0.0572. The van der Waals surface area contributed by atoms with Crippen LogP contribution in [0.15, 0.2) is 59.6 Å². The molecule has 2 aromatic carbocycles. The Kier molecular flexibility index (Phi) is 12.6. The summed E-state index contributed by atoms with van der Waals surface area (Å²) in [5, 5.41) is 6.28. The van der Waals surface area contributed by atoms with Crippen LogP contribution < -0.4 is 15.4 Å². The van der Waals surface area contributed by atoms with Crippen LogP contribution in [0.4, 0.5) is 0 Å². The van der Waals surface area contributed by atoms with Gasteiger partial charge in [0.25, 0.3) is 5.91 Å². The molecule has 8 heteroatoms. The zero-order valence-corrected chi connectivity index (χ0v) is 21.1. The number of amides is 1. The van der Waals surface area contributed by atoms with Gasteiger partial charge >= 0.3 is 0 Å². The van der Waals surface area contributed by atoms with E-state index >= 15 is 0 Å². The summed E-state index contributed by atoms with van der Waals surface area (Å²) in [6, 6.07) is 17.4. The van der Waals surface area contributed by atoms with Gasteiger partial charge in [-0.15, -0.1) is 24.0 Å². The maximum atomic E-state index is 12.3. The second-order valence-electron chi connectivity index (χ2n) is 7.24. The fourth-order valence-corrected chi connectivity index (χ4v) is 2.81. The summed E-state index contributed by atoms with van der Waals surface area (Å²) in [6.07, 6.45) is 0. The lowest BCUT2D eigenvalue weighted by Crippen LogP contribution is -2.40. The molecule has 0 heterocycles. The molecular weight excluding hydrogens is 505 g/mol. The molecule has 170 valence electrons. The quantitative estimate of drug-likeness (QED) is 0.276. The largest absolute Gasteiger partial charge is 0.492 e. The molecule has 0 aromatic heterocycles. The molecule has 0 radical (unpaired) electrons. The molecule has 1 amide bonds. The molecule has 0 aliphatic carbocycles. The van der Waals surface area contributed by atoms with Crippen LogP contribution in [0.25, 0.3) is 0 Å². The van der Waals surface area contributed by atoms with E-state index in [1.165, 1.54) is 0 Å². The summed E-state index contributed by atoms with van der Waals surface area (Å²) in [5.74, 6) is 1.57. The standard InChI is InChI=1S/C23H33N5O2.HI/c1-24-23(28(4)15-16-30-21-11-6-5-7-12-21)26-18-19-9-8-10-20(17-19)22(29)25-13-14-27(2)3;/h5-12,17H,13-16,18H2,1-4H3,(H,24,26)(H,25,29);1H. The van der Waals surface area contributed by atoms with E-state index < -0.39 is 0 Å². The first kappa shape index (κ1) is 26.7. The average Bonchev–Trinajstić information content (AvgIpc) is 2.75. The first-order valence-electron chi connectivity index (χ1n) is 10.1. The number of nitrogens with zero attached hydrogens (tertiary/aromatic N) is 3. The Balaban J connectivity index is 0.00000480. The van der Waals surface area contributed by atoms with Crippen molar-refractivity contribution in [3.05, 3.63) is 65.7 Å². The minimum Gasteiger partial charge on any atom is -0.492 e. The molecule has 0 saturated heterocycles. The number of benzene rings is 2. The predicted octanol–water partition coefficient (Wildman–Crippen LogP) is 2.68. The van der Waals surface area contributed by atoms with Gasteiger partial charge in [0.2, 0.25) is 0 Å². The van der Waals surface area contributed by atoms with Crippen molar-refractivity contribution in [2.75, 3.05) is 54.4 Å². The molecule has 2 N–H and O–H groups in total. The number of carbonyl (C=O) groups is 1. The SMILES string of the molecule is CN=C(NCc1cccc(C(=O)NCCN(C)C)c1)N(C)CCOc1ccccc1.I. The van der Waals surface area contributed by atoms with E-state index in [9.17, 15) is 4.79 Å². The normalized spacial score (nSPS) is 10.9. The van der Waals surface area contributed by atoms with Crippen LogP contribution in [0.1, 0.15) is 15.9 Å². The first-order valence-corrected chi connectivity index (χ1v) is 10.1. The van der Waals surface area contributed by atoms with Crippen LogP contribution in [0.5, 0.6) is 5.75 Å². The van der Waals surface area contributed by atoms with E-state index in [0.717, 1.165) is 23.8 Å². The fraction of sp³-hybridized carbons (Fsp3) is 0.391. The summed E-state index contributed by atoms with van der Waals surface area (Å²) in [7, 11) is 7.69. The molecule has 2 rings (SSSR count). The molecule has 0 aliphatic rings. The number of aliphatic imine (C=N–C) groups is 1. The Labute approximate surface area is 202 Å². The minimum absolute atomic E-state index is 0. The van der Waals surface area contributed by atoms with E-state index in [1.54, 1.807) is 7.05 Å². The molecule has 2 aromatic rings. The summed E-state index contributed by atoms with van der Waals surface area (Å²) in [6.45, 7) is 3.27. The molecule has 0 spiro atoms. The number of para-hydroxylation sites is 1. The lowest BCUT2D eigenvalue weighted by Gasteiger charge is -2.22. The lowest BCUT2D eigenvalue weighted by molar-refractivity contribution is 0.0951. The average molecular weight is 539 g/mol. The van der Waals surface area contributed by atoms with Crippen molar-refractivity contribution in [2.45, 2.75) is 6.54 Å². The maximum absolute atomic E-state index is 12.3. The number of hydrogen-bond donors (Lipinski definition) is 2. The highest BCUT2D eigenvalue weighted by Gasteiger charge is 2.08. The molecular formula is C23H34IN5O2. The zero-order valence-electron chi connectivity index (χ0n) is 18.8.